The predicted octanol–water partition coefficient (Wildman–Crippen LogP) is 6.14. The summed E-state index contributed by atoms with van der Waals surface area (Å²) >= 11 is 5.58. The van der Waals surface area contributed by atoms with E-state index in [1.807, 2.05) is 31.2 Å². The van der Waals surface area contributed by atoms with Crippen molar-refractivity contribution in [1.82, 2.24) is 0 Å². The molecule has 0 spiro atoms. The Labute approximate surface area is 156 Å². The lowest BCUT2D eigenvalue weighted by Crippen LogP contribution is -2.22. The van der Waals surface area contributed by atoms with Gasteiger partial charge in [0.2, 0.25) is 0 Å². The van der Waals surface area contributed by atoms with E-state index in [0.29, 0.717) is 23.6 Å². The van der Waals surface area contributed by atoms with Gasteiger partial charge in [-0.1, -0.05) is 58.0 Å². The van der Waals surface area contributed by atoms with Gasteiger partial charge in [-0.15, -0.1) is 0 Å². The van der Waals surface area contributed by atoms with Crippen LogP contribution in [0.5, 0.6) is 5.75 Å². The summed E-state index contributed by atoms with van der Waals surface area (Å²) in [6.07, 6.45) is 0. The fourth-order valence-electron chi connectivity index (χ4n) is 2.81. The summed E-state index contributed by atoms with van der Waals surface area (Å²) in [6.45, 7) is 11.4. The molecule has 0 aliphatic rings. The molecule has 3 nitrogen and oxygen atoms in total. The highest BCUT2D eigenvalue weighted by Crippen LogP contribution is 2.33. The first-order chi connectivity index (χ1) is 11.9. The van der Waals surface area contributed by atoms with Crippen LogP contribution in [0.3, 0.4) is 0 Å². The lowest BCUT2D eigenvalue weighted by molar-refractivity contribution is 0.342. The predicted molar refractivity (Wildman–Crippen MR) is 112 cm³/mol. The zero-order valence-electron chi connectivity index (χ0n) is 15.7. The average molecular weight is 357 g/mol. The van der Waals surface area contributed by atoms with Crippen molar-refractivity contribution in [3.05, 3.63) is 53.6 Å². The van der Waals surface area contributed by atoms with Crippen LogP contribution in [0.4, 0.5) is 11.4 Å². The molecule has 0 fully saturated rings. The van der Waals surface area contributed by atoms with Gasteiger partial charge in [-0.05, 0) is 54.2 Å². The minimum atomic E-state index is 0.416. The SMILES string of the molecule is CCOc1ccccc1NC(=S)Nc1c(C(C)C)cccc1C(C)C. The van der Waals surface area contributed by atoms with Gasteiger partial charge in [0.05, 0.1) is 12.3 Å². The third-order valence-corrected chi connectivity index (χ3v) is 4.25. The lowest BCUT2D eigenvalue weighted by atomic mass is 9.93. The maximum Gasteiger partial charge on any atom is 0.175 e. The summed E-state index contributed by atoms with van der Waals surface area (Å²) in [7, 11) is 0. The number of rotatable bonds is 6. The zero-order valence-corrected chi connectivity index (χ0v) is 16.5. The summed E-state index contributed by atoms with van der Waals surface area (Å²) in [5.74, 6) is 1.63. The Kier molecular flexibility index (Phi) is 6.82. The molecule has 0 aliphatic heterocycles. The van der Waals surface area contributed by atoms with E-state index < -0.39 is 0 Å². The van der Waals surface area contributed by atoms with E-state index in [9.17, 15) is 0 Å². The number of hydrogen-bond donors (Lipinski definition) is 2. The molecule has 134 valence electrons. The average Bonchev–Trinajstić information content (AvgIpc) is 2.56. The van der Waals surface area contributed by atoms with Crippen molar-refractivity contribution in [3.8, 4) is 5.75 Å². The lowest BCUT2D eigenvalue weighted by Gasteiger charge is -2.22. The topological polar surface area (TPSA) is 33.3 Å². The van der Waals surface area contributed by atoms with E-state index in [1.54, 1.807) is 0 Å². The standard InChI is InChI=1S/C21H28N2OS/c1-6-24-19-13-8-7-12-18(19)22-21(25)23-20-16(14(2)3)10-9-11-17(20)15(4)5/h7-15H,6H2,1-5H3,(H2,22,23,25). The molecule has 2 aromatic rings. The molecular formula is C21H28N2OS. The van der Waals surface area contributed by atoms with Crippen LogP contribution in [-0.4, -0.2) is 11.7 Å². The van der Waals surface area contributed by atoms with Crippen LogP contribution < -0.4 is 15.4 Å². The normalized spacial score (nSPS) is 10.8. The number of thiocarbonyl (C=S) groups is 1. The molecule has 0 heterocycles. The van der Waals surface area contributed by atoms with E-state index in [2.05, 4.69) is 56.5 Å². The number of ether oxygens (including phenoxy) is 1. The van der Waals surface area contributed by atoms with Crippen molar-refractivity contribution in [1.29, 1.82) is 0 Å². The van der Waals surface area contributed by atoms with Gasteiger partial charge in [0, 0.05) is 5.69 Å². The minimum Gasteiger partial charge on any atom is -0.492 e. The Morgan fingerprint density at radius 2 is 1.52 bits per heavy atom. The molecule has 0 amide bonds. The van der Waals surface area contributed by atoms with Gasteiger partial charge in [0.1, 0.15) is 5.75 Å². The maximum absolute atomic E-state index is 5.66. The van der Waals surface area contributed by atoms with Crippen LogP contribution in [0.2, 0.25) is 0 Å². The summed E-state index contributed by atoms with van der Waals surface area (Å²) < 4.78 is 5.66. The van der Waals surface area contributed by atoms with Crippen LogP contribution >= 0.6 is 12.2 Å². The smallest absolute Gasteiger partial charge is 0.175 e. The van der Waals surface area contributed by atoms with Gasteiger partial charge in [-0.2, -0.15) is 0 Å². The van der Waals surface area contributed by atoms with Gasteiger partial charge in [-0.3, -0.25) is 0 Å². The molecule has 0 saturated carbocycles. The third kappa shape index (κ3) is 4.95. The molecule has 25 heavy (non-hydrogen) atoms. The molecule has 2 N–H and O–H groups in total. The zero-order chi connectivity index (χ0) is 18.4. The number of benzene rings is 2. The summed E-state index contributed by atoms with van der Waals surface area (Å²) in [4.78, 5) is 0. The van der Waals surface area contributed by atoms with Crippen molar-refractivity contribution >= 4 is 28.7 Å². The molecule has 0 aliphatic carbocycles. The molecule has 0 aromatic heterocycles. The minimum absolute atomic E-state index is 0.416. The third-order valence-electron chi connectivity index (χ3n) is 4.05. The van der Waals surface area contributed by atoms with Gasteiger partial charge >= 0.3 is 0 Å². The molecular weight excluding hydrogens is 328 g/mol. The molecule has 0 saturated heterocycles. The van der Waals surface area contributed by atoms with Crippen LogP contribution in [0.25, 0.3) is 0 Å². The van der Waals surface area contributed by atoms with Gasteiger partial charge in [0.15, 0.2) is 5.11 Å². The van der Waals surface area contributed by atoms with Gasteiger partial charge in [0.25, 0.3) is 0 Å². The second-order valence-corrected chi connectivity index (χ2v) is 7.04. The molecule has 2 aromatic carbocycles. The van der Waals surface area contributed by atoms with Crippen molar-refractivity contribution in [2.24, 2.45) is 0 Å². The Bertz CT molecular complexity index is 699. The Hall–Kier alpha value is -2.07. The number of nitrogens with one attached hydrogen (secondary N) is 2. The van der Waals surface area contributed by atoms with Crippen LogP contribution in [-0.2, 0) is 0 Å². The number of anilines is 2. The van der Waals surface area contributed by atoms with Gasteiger partial charge < -0.3 is 15.4 Å². The van der Waals surface area contributed by atoms with E-state index >= 15 is 0 Å². The Morgan fingerprint density at radius 1 is 0.920 bits per heavy atom. The quantitative estimate of drug-likeness (QED) is 0.609. The molecule has 0 atom stereocenters. The van der Waals surface area contributed by atoms with E-state index in [4.69, 9.17) is 17.0 Å². The van der Waals surface area contributed by atoms with E-state index in [0.717, 1.165) is 17.1 Å². The summed E-state index contributed by atoms with van der Waals surface area (Å²) in [5, 5.41) is 7.27. The number of para-hydroxylation sites is 3. The van der Waals surface area contributed by atoms with Crippen LogP contribution in [0, 0.1) is 0 Å². The summed E-state index contributed by atoms with van der Waals surface area (Å²) in [6, 6.07) is 14.3. The Morgan fingerprint density at radius 3 is 2.08 bits per heavy atom. The second kappa shape index (κ2) is 8.86. The maximum atomic E-state index is 5.66. The Balaban J connectivity index is 2.26. The summed E-state index contributed by atoms with van der Waals surface area (Å²) in [5.41, 5.74) is 4.52. The van der Waals surface area contributed by atoms with Crippen LogP contribution in [0.1, 0.15) is 57.6 Å². The first kappa shape index (κ1) is 19.3. The van der Waals surface area contributed by atoms with Crippen molar-refractivity contribution < 1.29 is 4.74 Å². The first-order valence-electron chi connectivity index (χ1n) is 8.86. The van der Waals surface area contributed by atoms with Gasteiger partial charge in [-0.25, -0.2) is 0 Å². The fraction of sp³-hybridized carbons (Fsp3) is 0.381. The highest BCUT2D eigenvalue weighted by molar-refractivity contribution is 7.80. The fourth-order valence-corrected chi connectivity index (χ4v) is 3.03. The highest BCUT2D eigenvalue weighted by atomic mass is 32.1. The monoisotopic (exact) mass is 356 g/mol. The number of hydrogen-bond acceptors (Lipinski definition) is 2. The van der Waals surface area contributed by atoms with Crippen LogP contribution in [0.15, 0.2) is 42.5 Å². The van der Waals surface area contributed by atoms with Crippen molar-refractivity contribution in [2.45, 2.75) is 46.5 Å². The van der Waals surface area contributed by atoms with E-state index in [-0.39, 0.29) is 0 Å². The molecule has 0 radical (unpaired) electrons. The first-order valence-corrected chi connectivity index (χ1v) is 9.27. The van der Waals surface area contributed by atoms with Crippen molar-refractivity contribution in [3.63, 3.8) is 0 Å². The largest absolute Gasteiger partial charge is 0.492 e. The second-order valence-electron chi connectivity index (χ2n) is 6.63. The molecule has 0 bridgehead atoms. The highest BCUT2D eigenvalue weighted by Gasteiger charge is 2.15. The van der Waals surface area contributed by atoms with Crippen molar-refractivity contribution in [2.75, 3.05) is 17.2 Å². The molecule has 4 heteroatoms. The van der Waals surface area contributed by atoms with E-state index in [1.165, 1.54) is 11.1 Å². The molecule has 0 unspecified atom stereocenters. The molecule has 2 rings (SSSR count).